The van der Waals surface area contributed by atoms with Crippen molar-refractivity contribution < 1.29 is 13.9 Å². The predicted molar refractivity (Wildman–Crippen MR) is 66.3 cm³/mol. The van der Waals surface area contributed by atoms with Gasteiger partial charge in [-0.05, 0) is 19.1 Å². The predicted octanol–water partition coefficient (Wildman–Crippen LogP) is 1.42. The van der Waals surface area contributed by atoms with Crippen molar-refractivity contribution in [1.29, 1.82) is 0 Å². The lowest BCUT2D eigenvalue weighted by Gasteiger charge is -2.02. The molecule has 0 aliphatic rings. The average Bonchev–Trinajstić information content (AvgIpc) is 2.89. The zero-order valence-corrected chi connectivity index (χ0v) is 10.5. The van der Waals surface area contributed by atoms with Crippen LogP contribution in [0.2, 0.25) is 0 Å². The minimum atomic E-state index is -0.450. The molecule has 0 radical (unpaired) electrons. The standard InChI is InChI=1S/C12H14N4O3/c1-2-18-12(17)14-7-5-10-15-16-11(19-10)9-4-3-6-13-8-9/h3-4,6,8H,2,5,7H2,1H3,(H,14,17). The van der Waals surface area contributed by atoms with E-state index in [9.17, 15) is 4.79 Å². The van der Waals surface area contributed by atoms with E-state index in [0.29, 0.717) is 31.4 Å². The van der Waals surface area contributed by atoms with Gasteiger partial charge in [-0.15, -0.1) is 10.2 Å². The topological polar surface area (TPSA) is 90.1 Å². The largest absolute Gasteiger partial charge is 0.450 e. The minimum absolute atomic E-state index is 0.345. The van der Waals surface area contributed by atoms with Crippen LogP contribution in [0.25, 0.3) is 11.5 Å². The van der Waals surface area contributed by atoms with E-state index in [1.807, 2.05) is 6.07 Å². The van der Waals surface area contributed by atoms with Gasteiger partial charge in [0.1, 0.15) is 0 Å². The summed E-state index contributed by atoms with van der Waals surface area (Å²) in [6, 6.07) is 3.63. The molecule has 0 spiro atoms. The third-order valence-corrected chi connectivity index (χ3v) is 2.26. The second-order valence-electron chi connectivity index (χ2n) is 3.64. The van der Waals surface area contributed by atoms with E-state index in [1.165, 1.54) is 0 Å². The fourth-order valence-corrected chi connectivity index (χ4v) is 1.41. The molecule has 19 heavy (non-hydrogen) atoms. The molecule has 1 amide bonds. The smallest absolute Gasteiger partial charge is 0.407 e. The number of carbonyl (C=O) groups excluding carboxylic acids is 1. The molecular formula is C12H14N4O3. The molecule has 2 aromatic heterocycles. The van der Waals surface area contributed by atoms with Gasteiger partial charge in [-0.1, -0.05) is 0 Å². The maximum Gasteiger partial charge on any atom is 0.407 e. The monoisotopic (exact) mass is 262 g/mol. The summed E-state index contributed by atoms with van der Waals surface area (Å²) in [5.74, 6) is 0.870. The molecule has 0 saturated heterocycles. The van der Waals surface area contributed by atoms with Gasteiger partial charge in [0.05, 0.1) is 12.2 Å². The Morgan fingerprint density at radius 2 is 2.37 bits per heavy atom. The van der Waals surface area contributed by atoms with Crippen LogP contribution in [0.3, 0.4) is 0 Å². The van der Waals surface area contributed by atoms with Crippen molar-refractivity contribution in [2.75, 3.05) is 13.2 Å². The third kappa shape index (κ3) is 3.77. The number of rotatable bonds is 5. The molecule has 0 saturated carbocycles. The van der Waals surface area contributed by atoms with Crippen molar-refractivity contribution in [2.24, 2.45) is 0 Å². The van der Waals surface area contributed by atoms with Crippen LogP contribution in [0.4, 0.5) is 4.79 Å². The van der Waals surface area contributed by atoms with E-state index in [1.54, 1.807) is 25.4 Å². The van der Waals surface area contributed by atoms with Crippen molar-refractivity contribution in [2.45, 2.75) is 13.3 Å². The highest BCUT2D eigenvalue weighted by molar-refractivity contribution is 5.66. The maximum absolute atomic E-state index is 11.1. The van der Waals surface area contributed by atoms with E-state index >= 15 is 0 Å². The molecule has 0 aliphatic carbocycles. The first-order valence-corrected chi connectivity index (χ1v) is 5.93. The number of pyridine rings is 1. The number of aromatic nitrogens is 3. The molecule has 2 aromatic rings. The molecule has 7 heteroatoms. The van der Waals surface area contributed by atoms with Crippen LogP contribution in [-0.4, -0.2) is 34.4 Å². The molecule has 100 valence electrons. The molecule has 0 bridgehead atoms. The lowest BCUT2D eigenvalue weighted by atomic mass is 10.3. The molecule has 0 aliphatic heterocycles. The number of hydrogen-bond acceptors (Lipinski definition) is 6. The Hall–Kier alpha value is -2.44. The van der Waals surface area contributed by atoms with Gasteiger partial charge in [-0.2, -0.15) is 0 Å². The summed E-state index contributed by atoms with van der Waals surface area (Å²) in [7, 11) is 0. The van der Waals surface area contributed by atoms with Gasteiger partial charge in [0.2, 0.25) is 11.8 Å². The Kier molecular flexibility index (Phi) is 4.44. The Bertz CT molecular complexity index is 527. The van der Waals surface area contributed by atoms with E-state index in [-0.39, 0.29) is 0 Å². The third-order valence-electron chi connectivity index (χ3n) is 2.26. The van der Waals surface area contributed by atoms with Crippen LogP contribution in [0.1, 0.15) is 12.8 Å². The van der Waals surface area contributed by atoms with E-state index < -0.39 is 6.09 Å². The highest BCUT2D eigenvalue weighted by Crippen LogP contribution is 2.15. The van der Waals surface area contributed by atoms with Crippen LogP contribution in [0, 0.1) is 0 Å². The number of amides is 1. The molecule has 0 atom stereocenters. The fourth-order valence-electron chi connectivity index (χ4n) is 1.41. The van der Waals surface area contributed by atoms with Crippen LogP contribution in [-0.2, 0) is 11.2 Å². The summed E-state index contributed by atoms with van der Waals surface area (Å²) in [5, 5.41) is 10.4. The zero-order chi connectivity index (χ0) is 13.5. The number of nitrogens with zero attached hydrogens (tertiary/aromatic N) is 3. The second-order valence-corrected chi connectivity index (χ2v) is 3.64. The van der Waals surface area contributed by atoms with E-state index in [4.69, 9.17) is 9.15 Å². The van der Waals surface area contributed by atoms with E-state index in [2.05, 4.69) is 20.5 Å². The number of carbonyl (C=O) groups is 1. The van der Waals surface area contributed by atoms with Crippen molar-refractivity contribution in [3.63, 3.8) is 0 Å². The molecule has 2 heterocycles. The first-order chi connectivity index (χ1) is 9.29. The molecule has 2 rings (SSSR count). The number of hydrogen-bond donors (Lipinski definition) is 1. The normalized spacial score (nSPS) is 10.2. The van der Waals surface area contributed by atoms with Crippen molar-refractivity contribution in [3.8, 4) is 11.5 Å². The van der Waals surface area contributed by atoms with E-state index in [0.717, 1.165) is 5.56 Å². The van der Waals surface area contributed by atoms with Crippen LogP contribution < -0.4 is 5.32 Å². The molecule has 0 aromatic carbocycles. The first-order valence-electron chi connectivity index (χ1n) is 5.93. The van der Waals surface area contributed by atoms with Crippen LogP contribution in [0.15, 0.2) is 28.9 Å². The lowest BCUT2D eigenvalue weighted by molar-refractivity contribution is 0.152. The number of alkyl carbamates (subject to hydrolysis) is 1. The van der Waals surface area contributed by atoms with Gasteiger partial charge in [-0.3, -0.25) is 4.98 Å². The van der Waals surface area contributed by atoms with Crippen molar-refractivity contribution in [1.82, 2.24) is 20.5 Å². The van der Waals surface area contributed by atoms with Crippen molar-refractivity contribution >= 4 is 6.09 Å². The molecule has 7 nitrogen and oxygen atoms in total. The summed E-state index contributed by atoms with van der Waals surface area (Å²) in [4.78, 5) is 15.0. The summed E-state index contributed by atoms with van der Waals surface area (Å²) >= 11 is 0. The Morgan fingerprint density at radius 1 is 1.47 bits per heavy atom. The summed E-state index contributed by atoms with van der Waals surface area (Å²) in [5.41, 5.74) is 0.764. The number of ether oxygens (including phenoxy) is 1. The van der Waals surface area contributed by atoms with Gasteiger partial charge >= 0.3 is 6.09 Å². The molecule has 1 N–H and O–H groups in total. The average molecular weight is 262 g/mol. The Balaban J connectivity index is 1.86. The molecule has 0 unspecified atom stereocenters. The van der Waals surface area contributed by atoms with Gasteiger partial charge in [0.25, 0.3) is 0 Å². The van der Waals surface area contributed by atoms with Gasteiger partial charge in [0.15, 0.2) is 0 Å². The molecular weight excluding hydrogens is 248 g/mol. The minimum Gasteiger partial charge on any atom is -0.450 e. The van der Waals surface area contributed by atoms with Crippen molar-refractivity contribution in [3.05, 3.63) is 30.4 Å². The highest BCUT2D eigenvalue weighted by atomic mass is 16.5. The van der Waals surface area contributed by atoms with Gasteiger partial charge in [0, 0.05) is 25.4 Å². The van der Waals surface area contributed by atoms with Gasteiger partial charge < -0.3 is 14.5 Å². The fraction of sp³-hybridized carbons (Fsp3) is 0.333. The lowest BCUT2D eigenvalue weighted by Crippen LogP contribution is -2.26. The van der Waals surface area contributed by atoms with Crippen LogP contribution >= 0.6 is 0 Å². The summed E-state index contributed by atoms with van der Waals surface area (Å²) in [6.07, 6.45) is 3.32. The summed E-state index contributed by atoms with van der Waals surface area (Å²) in [6.45, 7) is 2.48. The Morgan fingerprint density at radius 3 is 3.11 bits per heavy atom. The van der Waals surface area contributed by atoms with Gasteiger partial charge in [-0.25, -0.2) is 4.79 Å². The Labute approximate surface area is 110 Å². The quantitative estimate of drug-likeness (QED) is 0.876. The molecule has 0 fully saturated rings. The second kappa shape index (κ2) is 6.48. The first kappa shape index (κ1) is 13.0. The highest BCUT2D eigenvalue weighted by Gasteiger charge is 2.08. The SMILES string of the molecule is CCOC(=O)NCCc1nnc(-c2cccnc2)o1. The number of nitrogens with one attached hydrogen (secondary N) is 1. The zero-order valence-electron chi connectivity index (χ0n) is 10.5. The summed E-state index contributed by atoms with van der Waals surface area (Å²) < 4.78 is 10.2. The van der Waals surface area contributed by atoms with Crippen LogP contribution in [0.5, 0.6) is 0 Å². The maximum atomic E-state index is 11.1.